The molecule has 1 aliphatic carbocycles. The lowest BCUT2D eigenvalue weighted by molar-refractivity contribution is -0.126. The van der Waals surface area contributed by atoms with Gasteiger partial charge in [-0.3, -0.25) is 4.79 Å². The lowest BCUT2D eigenvalue weighted by Gasteiger charge is -2.13. The Morgan fingerprint density at radius 3 is 2.74 bits per heavy atom. The van der Waals surface area contributed by atoms with E-state index in [2.05, 4.69) is 5.32 Å². The van der Waals surface area contributed by atoms with E-state index in [4.69, 9.17) is 10.00 Å². The van der Waals surface area contributed by atoms with Crippen molar-refractivity contribution in [3.05, 3.63) is 29.8 Å². The number of nitriles is 1. The summed E-state index contributed by atoms with van der Waals surface area (Å²) in [6, 6.07) is 8.82. The molecule has 1 amide bonds. The standard InChI is InChI=1S/C15H18N2O2/c1-11(19-9-8-12-2-3-12)15(18)17-14-6-4-13(10-16)5-7-14/h4-7,11-12H,2-3,8-9H2,1H3,(H,17,18). The van der Waals surface area contributed by atoms with E-state index < -0.39 is 6.10 Å². The fraction of sp³-hybridized carbons (Fsp3) is 0.467. The van der Waals surface area contributed by atoms with Gasteiger partial charge in [0.1, 0.15) is 6.10 Å². The zero-order valence-corrected chi connectivity index (χ0v) is 11.1. The van der Waals surface area contributed by atoms with Crippen molar-refractivity contribution in [2.24, 2.45) is 5.92 Å². The number of amides is 1. The molecular weight excluding hydrogens is 240 g/mol. The molecule has 0 aromatic heterocycles. The van der Waals surface area contributed by atoms with Gasteiger partial charge in [-0.15, -0.1) is 0 Å². The highest BCUT2D eigenvalue weighted by Crippen LogP contribution is 2.32. The van der Waals surface area contributed by atoms with Crippen LogP contribution in [-0.4, -0.2) is 18.6 Å². The first-order valence-electron chi connectivity index (χ1n) is 6.61. The molecule has 2 rings (SSSR count). The van der Waals surface area contributed by atoms with Gasteiger partial charge >= 0.3 is 0 Å². The summed E-state index contributed by atoms with van der Waals surface area (Å²) in [4.78, 5) is 11.9. The predicted molar refractivity (Wildman–Crippen MR) is 72.5 cm³/mol. The molecule has 1 atom stereocenters. The van der Waals surface area contributed by atoms with Gasteiger partial charge in [0, 0.05) is 12.3 Å². The first-order chi connectivity index (χ1) is 9.19. The highest BCUT2D eigenvalue weighted by atomic mass is 16.5. The minimum absolute atomic E-state index is 0.152. The summed E-state index contributed by atoms with van der Waals surface area (Å²) in [5.41, 5.74) is 1.26. The topological polar surface area (TPSA) is 62.1 Å². The zero-order chi connectivity index (χ0) is 13.7. The fourth-order valence-corrected chi connectivity index (χ4v) is 1.77. The average molecular weight is 258 g/mol. The minimum atomic E-state index is -0.450. The van der Waals surface area contributed by atoms with Crippen LogP contribution in [-0.2, 0) is 9.53 Å². The number of hydrogen-bond donors (Lipinski definition) is 1. The van der Waals surface area contributed by atoms with Crippen molar-refractivity contribution in [3.63, 3.8) is 0 Å². The lowest BCUT2D eigenvalue weighted by Crippen LogP contribution is -2.28. The van der Waals surface area contributed by atoms with Crippen molar-refractivity contribution in [1.29, 1.82) is 5.26 Å². The molecule has 1 unspecified atom stereocenters. The van der Waals surface area contributed by atoms with E-state index in [1.807, 2.05) is 6.07 Å². The Kier molecular flexibility index (Phi) is 4.53. The number of hydrogen-bond acceptors (Lipinski definition) is 3. The van der Waals surface area contributed by atoms with Crippen LogP contribution in [0, 0.1) is 17.2 Å². The van der Waals surface area contributed by atoms with Crippen molar-refractivity contribution in [2.75, 3.05) is 11.9 Å². The molecule has 1 fully saturated rings. The summed E-state index contributed by atoms with van der Waals surface area (Å²) in [5.74, 6) is 0.661. The fourth-order valence-electron chi connectivity index (χ4n) is 1.77. The molecule has 19 heavy (non-hydrogen) atoms. The van der Waals surface area contributed by atoms with Gasteiger partial charge in [0.05, 0.1) is 11.6 Å². The second-order valence-electron chi connectivity index (χ2n) is 4.92. The van der Waals surface area contributed by atoms with Crippen molar-refractivity contribution >= 4 is 11.6 Å². The van der Waals surface area contributed by atoms with Crippen LogP contribution in [0.2, 0.25) is 0 Å². The molecule has 0 radical (unpaired) electrons. The third-order valence-electron chi connectivity index (χ3n) is 3.24. The van der Waals surface area contributed by atoms with E-state index >= 15 is 0 Å². The Bertz CT molecular complexity index is 472. The summed E-state index contributed by atoms with van der Waals surface area (Å²) >= 11 is 0. The van der Waals surface area contributed by atoms with E-state index in [-0.39, 0.29) is 5.91 Å². The van der Waals surface area contributed by atoms with Gasteiger partial charge in [0.25, 0.3) is 5.91 Å². The second-order valence-corrected chi connectivity index (χ2v) is 4.92. The Morgan fingerprint density at radius 1 is 1.47 bits per heavy atom. The number of carbonyl (C=O) groups excluding carboxylic acids is 1. The summed E-state index contributed by atoms with van der Waals surface area (Å²) in [6.45, 7) is 2.40. The van der Waals surface area contributed by atoms with Crippen LogP contribution >= 0.6 is 0 Å². The third-order valence-corrected chi connectivity index (χ3v) is 3.24. The molecule has 1 aliphatic rings. The number of anilines is 1. The quantitative estimate of drug-likeness (QED) is 0.853. The molecule has 4 nitrogen and oxygen atoms in total. The van der Waals surface area contributed by atoms with Crippen molar-refractivity contribution in [2.45, 2.75) is 32.3 Å². The average Bonchev–Trinajstić information content (AvgIpc) is 3.23. The van der Waals surface area contributed by atoms with E-state index in [0.717, 1.165) is 12.3 Å². The number of nitrogens with one attached hydrogen (secondary N) is 1. The number of nitrogens with zero attached hydrogens (tertiary/aromatic N) is 1. The first kappa shape index (κ1) is 13.6. The molecule has 0 bridgehead atoms. The van der Waals surface area contributed by atoms with Crippen LogP contribution in [0.1, 0.15) is 31.7 Å². The number of carbonyl (C=O) groups is 1. The van der Waals surface area contributed by atoms with Crippen LogP contribution in [0.3, 0.4) is 0 Å². The van der Waals surface area contributed by atoms with Crippen molar-refractivity contribution in [3.8, 4) is 6.07 Å². The second kappa shape index (κ2) is 6.35. The Balaban J connectivity index is 1.76. The van der Waals surface area contributed by atoms with Gasteiger partial charge in [0.2, 0.25) is 0 Å². The maximum atomic E-state index is 11.9. The highest BCUT2D eigenvalue weighted by molar-refractivity contribution is 5.93. The van der Waals surface area contributed by atoms with E-state index in [0.29, 0.717) is 17.9 Å². The molecule has 1 saturated carbocycles. The SMILES string of the molecule is CC(OCCC1CC1)C(=O)Nc1ccc(C#N)cc1. The van der Waals surface area contributed by atoms with Crippen LogP contribution in [0.4, 0.5) is 5.69 Å². The normalized spacial score (nSPS) is 15.6. The zero-order valence-electron chi connectivity index (χ0n) is 11.1. The monoisotopic (exact) mass is 258 g/mol. The summed E-state index contributed by atoms with van der Waals surface area (Å²) < 4.78 is 5.51. The minimum Gasteiger partial charge on any atom is -0.369 e. The van der Waals surface area contributed by atoms with Gasteiger partial charge in [-0.05, 0) is 43.5 Å². The summed E-state index contributed by atoms with van der Waals surface area (Å²) in [6.07, 6.45) is 3.20. The van der Waals surface area contributed by atoms with Crippen LogP contribution in [0.5, 0.6) is 0 Å². The Labute approximate surface area is 113 Å². The van der Waals surface area contributed by atoms with E-state index in [9.17, 15) is 4.79 Å². The molecule has 0 spiro atoms. The molecule has 4 heteroatoms. The van der Waals surface area contributed by atoms with Gasteiger partial charge in [0.15, 0.2) is 0 Å². The van der Waals surface area contributed by atoms with Crippen molar-refractivity contribution < 1.29 is 9.53 Å². The van der Waals surface area contributed by atoms with E-state index in [1.54, 1.807) is 31.2 Å². The maximum Gasteiger partial charge on any atom is 0.253 e. The molecular formula is C15H18N2O2. The van der Waals surface area contributed by atoms with Gasteiger partial charge in [-0.2, -0.15) is 5.26 Å². The summed E-state index contributed by atoms with van der Waals surface area (Å²) in [7, 11) is 0. The number of benzene rings is 1. The molecule has 1 N–H and O–H groups in total. The number of ether oxygens (including phenoxy) is 1. The first-order valence-corrected chi connectivity index (χ1v) is 6.61. The Morgan fingerprint density at radius 2 is 2.16 bits per heavy atom. The lowest BCUT2D eigenvalue weighted by atomic mass is 10.2. The van der Waals surface area contributed by atoms with Crippen LogP contribution in [0.15, 0.2) is 24.3 Å². The number of rotatable bonds is 6. The smallest absolute Gasteiger partial charge is 0.253 e. The molecule has 0 saturated heterocycles. The maximum absolute atomic E-state index is 11.9. The van der Waals surface area contributed by atoms with Gasteiger partial charge < -0.3 is 10.1 Å². The van der Waals surface area contributed by atoms with Crippen LogP contribution < -0.4 is 5.32 Å². The van der Waals surface area contributed by atoms with Gasteiger partial charge in [-0.25, -0.2) is 0 Å². The van der Waals surface area contributed by atoms with Crippen molar-refractivity contribution in [1.82, 2.24) is 0 Å². The molecule has 1 aromatic carbocycles. The van der Waals surface area contributed by atoms with Crippen LogP contribution in [0.25, 0.3) is 0 Å². The largest absolute Gasteiger partial charge is 0.369 e. The highest BCUT2D eigenvalue weighted by Gasteiger charge is 2.21. The molecule has 0 heterocycles. The summed E-state index contributed by atoms with van der Waals surface area (Å²) in [5, 5.41) is 11.5. The Hall–Kier alpha value is -1.86. The molecule has 1 aromatic rings. The van der Waals surface area contributed by atoms with Gasteiger partial charge in [-0.1, -0.05) is 12.8 Å². The predicted octanol–water partition coefficient (Wildman–Crippen LogP) is 2.70. The molecule has 0 aliphatic heterocycles. The van der Waals surface area contributed by atoms with E-state index in [1.165, 1.54) is 12.8 Å². The molecule has 100 valence electrons. The third kappa shape index (κ3) is 4.38.